The Balaban J connectivity index is 1.29. The third-order valence-electron chi connectivity index (χ3n) is 5.51. The van der Waals surface area contributed by atoms with Crippen LogP contribution in [0.4, 0.5) is 18.0 Å². The van der Waals surface area contributed by atoms with E-state index in [0.717, 1.165) is 11.8 Å². The first-order chi connectivity index (χ1) is 14.7. The van der Waals surface area contributed by atoms with Gasteiger partial charge in [0.2, 0.25) is 11.8 Å². The summed E-state index contributed by atoms with van der Waals surface area (Å²) in [6, 6.07) is 6.99. The number of halogens is 3. The number of rotatable bonds is 4. The molecule has 0 aliphatic carbocycles. The highest BCUT2D eigenvalue weighted by Gasteiger charge is 2.38. The van der Waals surface area contributed by atoms with Gasteiger partial charge in [-0.05, 0) is 24.1 Å². The van der Waals surface area contributed by atoms with Crippen LogP contribution in [0.15, 0.2) is 36.7 Å². The number of benzene rings is 1. The summed E-state index contributed by atoms with van der Waals surface area (Å²) in [4.78, 5) is 34.1. The summed E-state index contributed by atoms with van der Waals surface area (Å²) in [5.41, 5.74) is 5.25. The van der Waals surface area contributed by atoms with E-state index in [2.05, 4.69) is 9.97 Å². The number of ether oxygens (including phenoxy) is 1. The van der Waals surface area contributed by atoms with Gasteiger partial charge in [-0.15, -0.1) is 0 Å². The molecule has 0 bridgehead atoms. The maximum absolute atomic E-state index is 12.5. The first kappa shape index (κ1) is 20.9. The summed E-state index contributed by atoms with van der Waals surface area (Å²) in [6.07, 6.45) is -2.41. The predicted octanol–water partition coefficient (Wildman–Crippen LogP) is 2.61. The Kier molecular flexibility index (Phi) is 5.42. The molecule has 0 saturated carbocycles. The molecular weight excluding hydrogens is 415 g/mol. The molecule has 1 aromatic carbocycles. The van der Waals surface area contributed by atoms with Crippen molar-refractivity contribution in [2.24, 2.45) is 11.7 Å². The second kappa shape index (κ2) is 8.05. The largest absolute Gasteiger partial charge is 0.438 e. The fourth-order valence-electron chi connectivity index (χ4n) is 3.66. The second-order valence-corrected chi connectivity index (χ2v) is 7.63. The minimum Gasteiger partial charge on any atom is -0.438 e. The summed E-state index contributed by atoms with van der Waals surface area (Å²) >= 11 is 0. The minimum absolute atomic E-state index is 0.0407. The average molecular weight is 435 g/mol. The molecule has 3 heterocycles. The van der Waals surface area contributed by atoms with E-state index in [9.17, 15) is 22.8 Å². The molecule has 4 rings (SSSR count). The molecule has 2 fully saturated rings. The van der Waals surface area contributed by atoms with Crippen molar-refractivity contribution in [3.8, 4) is 11.6 Å². The monoisotopic (exact) mass is 435 g/mol. The smallest absolute Gasteiger partial charge is 0.434 e. The van der Waals surface area contributed by atoms with Crippen LogP contribution >= 0.6 is 0 Å². The number of urea groups is 1. The van der Waals surface area contributed by atoms with E-state index >= 15 is 0 Å². The van der Waals surface area contributed by atoms with Gasteiger partial charge in [0.1, 0.15) is 5.75 Å². The van der Waals surface area contributed by atoms with Crippen molar-refractivity contribution in [1.29, 1.82) is 0 Å². The molecule has 2 aliphatic heterocycles. The molecule has 2 aromatic rings. The van der Waals surface area contributed by atoms with E-state index in [0.29, 0.717) is 44.5 Å². The van der Waals surface area contributed by atoms with E-state index < -0.39 is 11.9 Å². The zero-order chi connectivity index (χ0) is 22.2. The van der Waals surface area contributed by atoms with Gasteiger partial charge in [0.25, 0.3) is 0 Å². The van der Waals surface area contributed by atoms with Crippen molar-refractivity contribution in [2.75, 3.05) is 26.2 Å². The van der Waals surface area contributed by atoms with E-state index in [1.54, 1.807) is 21.9 Å². The van der Waals surface area contributed by atoms with Crippen molar-refractivity contribution in [1.82, 2.24) is 19.8 Å². The zero-order valence-electron chi connectivity index (χ0n) is 16.4. The highest BCUT2D eigenvalue weighted by Crippen LogP contribution is 2.31. The number of primary amides is 1. The van der Waals surface area contributed by atoms with Gasteiger partial charge in [-0.25, -0.2) is 14.8 Å². The van der Waals surface area contributed by atoms with Gasteiger partial charge in [-0.3, -0.25) is 4.79 Å². The summed E-state index contributed by atoms with van der Waals surface area (Å²) in [7, 11) is 0. The number of alkyl halides is 3. The third-order valence-corrected chi connectivity index (χ3v) is 5.51. The first-order valence-corrected chi connectivity index (χ1v) is 9.71. The van der Waals surface area contributed by atoms with Gasteiger partial charge < -0.3 is 20.3 Å². The normalized spacial score (nSPS) is 19.3. The summed E-state index contributed by atoms with van der Waals surface area (Å²) in [5.74, 6) is -0.0941. The lowest BCUT2D eigenvalue weighted by atomic mass is 9.92. The van der Waals surface area contributed by atoms with Crippen LogP contribution in [-0.4, -0.2) is 57.9 Å². The maximum Gasteiger partial charge on any atom is 0.434 e. The number of carbonyl (C=O) groups excluding carboxylic acids is 2. The molecule has 11 heteroatoms. The van der Waals surface area contributed by atoms with Crippen molar-refractivity contribution in [2.45, 2.75) is 18.5 Å². The number of carbonyl (C=O) groups is 2. The van der Waals surface area contributed by atoms with E-state index in [-0.39, 0.29) is 29.7 Å². The van der Waals surface area contributed by atoms with Crippen LogP contribution in [0.3, 0.4) is 0 Å². The van der Waals surface area contributed by atoms with Gasteiger partial charge in [0, 0.05) is 32.1 Å². The summed E-state index contributed by atoms with van der Waals surface area (Å²) in [5, 5.41) is 0. The Morgan fingerprint density at radius 3 is 2.29 bits per heavy atom. The van der Waals surface area contributed by atoms with Crippen LogP contribution in [-0.2, 0) is 11.0 Å². The molecule has 0 unspecified atom stereocenters. The van der Waals surface area contributed by atoms with Crippen molar-refractivity contribution in [3.63, 3.8) is 0 Å². The van der Waals surface area contributed by atoms with Crippen LogP contribution in [0.2, 0.25) is 0 Å². The van der Waals surface area contributed by atoms with Crippen LogP contribution in [0.1, 0.15) is 23.6 Å². The van der Waals surface area contributed by atoms with Crippen LogP contribution < -0.4 is 10.5 Å². The van der Waals surface area contributed by atoms with Gasteiger partial charge in [-0.2, -0.15) is 13.2 Å². The van der Waals surface area contributed by atoms with Crippen molar-refractivity contribution < 1.29 is 27.5 Å². The highest BCUT2D eigenvalue weighted by atomic mass is 19.4. The maximum atomic E-state index is 12.5. The summed E-state index contributed by atoms with van der Waals surface area (Å²) < 4.78 is 43.0. The number of nitrogens with zero attached hydrogens (tertiary/aromatic N) is 4. The Labute approximate surface area is 175 Å². The Hall–Kier alpha value is -3.37. The van der Waals surface area contributed by atoms with Crippen LogP contribution in [0.5, 0.6) is 11.6 Å². The third kappa shape index (κ3) is 4.54. The minimum atomic E-state index is -4.55. The lowest BCUT2D eigenvalue weighted by Crippen LogP contribution is -2.53. The van der Waals surface area contributed by atoms with Crippen molar-refractivity contribution in [3.05, 3.63) is 47.9 Å². The Morgan fingerprint density at radius 2 is 1.74 bits per heavy atom. The van der Waals surface area contributed by atoms with Crippen molar-refractivity contribution >= 4 is 11.9 Å². The Bertz CT molecular complexity index is 960. The molecule has 2 aliphatic rings. The standard InChI is InChI=1S/C20H20F3N5O3/c21-20(22,23)16-7-26-17(8-25-16)31-15-3-1-12(2-4-15)14-10-28(11-14)19(30)27-6-5-13(9-27)18(24)29/h1-4,7-8,13-14H,5-6,9-11H2,(H2,24,29)/t13-/m0/s1. The fourth-order valence-corrected chi connectivity index (χ4v) is 3.66. The molecule has 1 aromatic heterocycles. The molecule has 3 amide bonds. The quantitative estimate of drug-likeness (QED) is 0.796. The lowest BCUT2D eigenvalue weighted by molar-refractivity contribution is -0.141. The molecule has 1 atom stereocenters. The molecule has 2 N–H and O–H groups in total. The molecular formula is C20H20F3N5O3. The molecule has 31 heavy (non-hydrogen) atoms. The van der Waals surface area contributed by atoms with Crippen LogP contribution in [0.25, 0.3) is 0 Å². The number of likely N-dealkylation sites (tertiary alicyclic amines) is 2. The molecule has 0 radical (unpaired) electrons. The van der Waals surface area contributed by atoms with E-state index in [1.165, 1.54) is 0 Å². The van der Waals surface area contributed by atoms with E-state index in [4.69, 9.17) is 10.5 Å². The van der Waals surface area contributed by atoms with E-state index in [1.807, 2.05) is 12.1 Å². The van der Waals surface area contributed by atoms with Crippen LogP contribution in [0, 0.1) is 5.92 Å². The SMILES string of the molecule is NC(=O)[C@H]1CCN(C(=O)N2CC(c3ccc(Oc4cnc(C(F)(F)F)cn4)cc3)C2)C1. The zero-order valence-corrected chi connectivity index (χ0v) is 16.4. The second-order valence-electron chi connectivity index (χ2n) is 7.63. The molecule has 2 saturated heterocycles. The molecule has 8 nitrogen and oxygen atoms in total. The van der Waals surface area contributed by atoms with Gasteiger partial charge in [0.05, 0.1) is 18.3 Å². The number of aromatic nitrogens is 2. The number of nitrogens with two attached hydrogens (primary N) is 1. The molecule has 164 valence electrons. The van der Waals surface area contributed by atoms with Gasteiger partial charge >= 0.3 is 12.2 Å². The summed E-state index contributed by atoms with van der Waals surface area (Å²) in [6.45, 7) is 2.04. The van der Waals surface area contributed by atoms with Gasteiger partial charge in [0.15, 0.2) is 5.69 Å². The fraction of sp³-hybridized carbons (Fsp3) is 0.400. The molecule has 0 spiro atoms. The highest BCUT2D eigenvalue weighted by molar-refractivity contribution is 5.80. The predicted molar refractivity (Wildman–Crippen MR) is 102 cm³/mol. The van der Waals surface area contributed by atoms with Gasteiger partial charge in [-0.1, -0.05) is 12.1 Å². The average Bonchev–Trinajstić information content (AvgIpc) is 3.18. The first-order valence-electron chi connectivity index (χ1n) is 9.71. The number of hydrogen-bond donors (Lipinski definition) is 1. The Morgan fingerprint density at radius 1 is 1.03 bits per heavy atom. The topological polar surface area (TPSA) is 102 Å². The number of hydrogen-bond acceptors (Lipinski definition) is 5. The lowest BCUT2D eigenvalue weighted by Gasteiger charge is -2.41. The number of amides is 3.